The van der Waals surface area contributed by atoms with Crippen molar-refractivity contribution >= 4 is 17.6 Å². The fourth-order valence-electron chi connectivity index (χ4n) is 1.60. The highest BCUT2D eigenvalue weighted by molar-refractivity contribution is 5.93. The van der Waals surface area contributed by atoms with Gasteiger partial charge in [-0.3, -0.25) is 4.79 Å². The average Bonchev–Trinajstić information content (AvgIpc) is 2.45. The number of urea groups is 1. The van der Waals surface area contributed by atoms with E-state index < -0.39 is 12.1 Å². The Labute approximate surface area is 131 Å². The lowest BCUT2D eigenvalue weighted by molar-refractivity contribution is -0.130. The summed E-state index contributed by atoms with van der Waals surface area (Å²) >= 11 is 0. The first-order chi connectivity index (χ1) is 10.3. The monoisotopic (exact) mass is 308 g/mol. The molecule has 22 heavy (non-hydrogen) atoms. The number of nitrogens with one attached hydrogen (secondary N) is 2. The molecule has 0 radical (unpaired) electrons. The Hall–Kier alpha value is -2.31. The van der Waals surface area contributed by atoms with Crippen LogP contribution in [0.25, 0.3) is 0 Å². The molecule has 0 saturated heterocycles. The van der Waals surface area contributed by atoms with Gasteiger partial charge in [-0.15, -0.1) is 0 Å². The molecule has 1 aromatic rings. The minimum atomic E-state index is -0.600. The SMILES string of the molecule is CC(C)COc1ccc(NC(=O)N[C@@H](C)C(=O)N(C)C)cn1. The molecule has 0 spiro atoms. The Bertz CT molecular complexity index is 500. The zero-order chi connectivity index (χ0) is 16.7. The second kappa shape index (κ2) is 8.21. The molecule has 0 aromatic carbocycles. The molecule has 0 saturated carbocycles. The number of ether oxygens (including phenoxy) is 1. The molecule has 3 amide bonds. The van der Waals surface area contributed by atoms with Crippen LogP contribution in [0.5, 0.6) is 5.88 Å². The Morgan fingerprint density at radius 3 is 2.45 bits per heavy atom. The van der Waals surface area contributed by atoms with Gasteiger partial charge >= 0.3 is 6.03 Å². The smallest absolute Gasteiger partial charge is 0.319 e. The summed E-state index contributed by atoms with van der Waals surface area (Å²) in [7, 11) is 3.27. The van der Waals surface area contributed by atoms with Crippen molar-refractivity contribution < 1.29 is 14.3 Å². The number of amides is 3. The van der Waals surface area contributed by atoms with Crippen molar-refractivity contribution in [2.24, 2.45) is 5.92 Å². The number of nitrogens with zero attached hydrogens (tertiary/aromatic N) is 2. The summed E-state index contributed by atoms with van der Waals surface area (Å²) in [6, 6.07) is 2.32. The van der Waals surface area contributed by atoms with Crippen LogP contribution in [0.15, 0.2) is 18.3 Å². The molecule has 7 nitrogen and oxygen atoms in total. The van der Waals surface area contributed by atoms with E-state index in [0.29, 0.717) is 24.1 Å². The normalized spacial score (nSPS) is 11.7. The third kappa shape index (κ3) is 5.99. The van der Waals surface area contributed by atoms with Gasteiger partial charge in [-0.1, -0.05) is 13.8 Å². The van der Waals surface area contributed by atoms with Gasteiger partial charge in [0.05, 0.1) is 18.5 Å². The van der Waals surface area contributed by atoms with Crippen molar-refractivity contribution in [1.29, 1.82) is 0 Å². The average molecular weight is 308 g/mol. The second-order valence-corrected chi connectivity index (χ2v) is 5.64. The van der Waals surface area contributed by atoms with E-state index in [9.17, 15) is 9.59 Å². The van der Waals surface area contributed by atoms with Gasteiger partial charge in [0.1, 0.15) is 6.04 Å². The zero-order valence-corrected chi connectivity index (χ0v) is 13.7. The van der Waals surface area contributed by atoms with Gasteiger partial charge < -0.3 is 20.3 Å². The Morgan fingerprint density at radius 2 is 1.95 bits per heavy atom. The molecule has 0 aliphatic heterocycles. The fourth-order valence-corrected chi connectivity index (χ4v) is 1.60. The standard InChI is InChI=1S/C15H24N4O3/c1-10(2)9-22-13-7-6-12(8-16-13)18-15(21)17-11(3)14(20)19(4)5/h6-8,10-11H,9H2,1-5H3,(H2,17,18,21)/t11-/m0/s1. The molecular weight excluding hydrogens is 284 g/mol. The molecule has 0 aliphatic carbocycles. The van der Waals surface area contributed by atoms with Gasteiger partial charge in [-0.25, -0.2) is 9.78 Å². The molecule has 122 valence electrons. The highest BCUT2D eigenvalue weighted by Gasteiger charge is 2.17. The summed E-state index contributed by atoms with van der Waals surface area (Å²) < 4.78 is 5.46. The highest BCUT2D eigenvalue weighted by Crippen LogP contribution is 2.12. The van der Waals surface area contributed by atoms with Crippen molar-refractivity contribution in [3.8, 4) is 5.88 Å². The number of carbonyl (C=O) groups is 2. The number of hydrogen-bond acceptors (Lipinski definition) is 4. The van der Waals surface area contributed by atoms with E-state index in [1.54, 1.807) is 33.2 Å². The molecule has 0 bridgehead atoms. The second-order valence-electron chi connectivity index (χ2n) is 5.64. The quantitative estimate of drug-likeness (QED) is 0.838. The number of likely N-dealkylation sites (N-methyl/N-ethyl adjacent to an activating group) is 1. The molecule has 0 aliphatic rings. The molecule has 1 heterocycles. The maximum Gasteiger partial charge on any atom is 0.319 e. The van der Waals surface area contributed by atoms with E-state index in [1.807, 2.05) is 0 Å². The summed E-state index contributed by atoms with van der Waals surface area (Å²) in [5.74, 6) is 0.752. The van der Waals surface area contributed by atoms with E-state index in [-0.39, 0.29) is 5.91 Å². The van der Waals surface area contributed by atoms with Crippen LogP contribution in [-0.4, -0.2) is 48.6 Å². The van der Waals surface area contributed by atoms with E-state index in [1.165, 1.54) is 11.1 Å². The Morgan fingerprint density at radius 1 is 1.27 bits per heavy atom. The predicted octanol–water partition coefficient (Wildman–Crippen LogP) is 1.71. The maximum atomic E-state index is 11.8. The van der Waals surface area contributed by atoms with Crippen LogP contribution in [0, 0.1) is 5.92 Å². The number of carbonyl (C=O) groups excluding carboxylic acids is 2. The van der Waals surface area contributed by atoms with Crippen molar-refractivity contribution in [3.63, 3.8) is 0 Å². The summed E-state index contributed by atoms with van der Waals surface area (Å²) in [5, 5.41) is 5.18. The largest absolute Gasteiger partial charge is 0.477 e. The molecular formula is C15H24N4O3. The van der Waals surface area contributed by atoms with E-state index in [2.05, 4.69) is 29.5 Å². The Kier molecular flexibility index (Phi) is 6.62. The minimum Gasteiger partial charge on any atom is -0.477 e. The van der Waals surface area contributed by atoms with Gasteiger partial charge in [0.2, 0.25) is 11.8 Å². The third-order valence-corrected chi connectivity index (χ3v) is 2.72. The van der Waals surface area contributed by atoms with Crippen LogP contribution in [0.3, 0.4) is 0 Å². The number of rotatable bonds is 6. The first kappa shape index (κ1) is 17.7. The molecule has 1 rings (SSSR count). The van der Waals surface area contributed by atoms with E-state index >= 15 is 0 Å². The number of hydrogen-bond donors (Lipinski definition) is 2. The molecule has 0 unspecified atom stereocenters. The number of anilines is 1. The van der Waals surface area contributed by atoms with Crippen LogP contribution in [0.4, 0.5) is 10.5 Å². The van der Waals surface area contributed by atoms with Gasteiger partial charge in [0, 0.05) is 20.2 Å². The van der Waals surface area contributed by atoms with Crippen LogP contribution in [0.2, 0.25) is 0 Å². The number of aromatic nitrogens is 1. The third-order valence-electron chi connectivity index (χ3n) is 2.72. The van der Waals surface area contributed by atoms with E-state index in [4.69, 9.17) is 4.74 Å². The van der Waals surface area contributed by atoms with Crippen LogP contribution >= 0.6 is 0 Å². The molecule has 1 aromatic heterocycles. The first-order valence-electron chi connectivity index (χ1n) is 7.17. The summed E-state index contributed by atoms with van der Waals surface area (Å²) in [5.41, 5.74) is 0.527. The van der Waals surface area contributed by atoms with Crippen LogP contribution in [0.1, 0.15) is 20.8 Å². The van der Waals surface area contributed by atoms with E-state index in [0.717, 1.165) is 0 Å². The summed E-state index contributed by atoms with van der Waals surface area (Å²) in [6.45, 7) is 6.32. The van der Waals surface area contributed by atoms with Crippen molar-refractivity contribution in [1.82, 2.24) is 15.2 Å². The number of pyridine rings is 1. The molecule has 0 fully saturated rings. The zero-order valence-electron chi connectivity index (χ0n) is 13.7. The lowest BCUT2D eigenvalue weighted by Crippen LogP contribution is -2.45. The van der Waals surface area contributed by atoms with Crippen molar-refractivity contribution in [2.75, 3.05) is 26.0 Å². The fraction of sp³-hybridized carbons (Fsp3) is 0.533. The van der Waals surface area contributed by atoms with Gasteiger partial charge in [0.15, 0.2) is 0 Å². The highest BCUT2D eigenvalue weighted by atomic mass is 16.5. The summed E-state index contributed by atoms with van der Waals surface area (Å²) in [6.07, 6.45) is 1.51. The maximum absolute atomic E-state index is 11.8. The van der Waals surface area contributed by atoms with Gasteiger partial charge in [0.25, 0.3) is 0 Å². The molecule has 1 atom stereocenters. The minimum absolute atomic E-state index is 0.175. The molecule has 2 N–H and O–H groups in total. The van der Waals surface area contributed by atoms with Crippen LogP contribution in [-0.2, 0) is 4.79 Å². The van der Waals surface area contributed by atoms with Gasteiger partial charge in [-0.05, 0) is 18.9 Å². The Balaban J connectivity index is 2.49. The van der Waals surface area contributed by atoms with Crippen LogP contribution < -0.4 is 15.4 Å². The topological polar surface area (TPSA) is 83.6 Å². The molecule has 7 heteroatoms. The lowest BCUT2D eigenvalue weighted by atomic mass is 10.2. The first-order valence-corrected chi connectivity index (χ1v) is 7.17. The van der Waals surface area contributed by atoms with Crippen molar-refractivity contribution in [2.45, 2.75) is 26.8 Å². The lowest BCUT2D eigenvalue weighted by Gasteiger charge is -2.18. The predicted molar refractivity (Wildman–Crippen MR) is 84.9 cm³/mol. The van der Waals surface area contributed by atoms with Crippen molar-refractivity contribution in [3.05, 3.63) is 18.3 Å². The summed E-state index contributed by atoms with van der Waals surface area (Å²) in [4.78, 5) is 29.0. The van der Waals surface area contributed by atoms with Gasteiger partial charge in [-0.2, -0.15) is 0 Å².